The average Bonchev–Trinajstić information content (AvgIpc) is 1.61. The lowest BCUT2D eigenvalue weighted by Crippen LogP contribution is -2.51. The third kappa shape index (κ3) is 1.17. The summed E-state index contributed by atoms with van der Waals surface area (Å²) in [5, 5.41) is 5.00. The highest BCUT2D eigenvalue weighted by Gasteiger charge is 2.30. The van der Waals surface area contributed by atoms with Crippen molar-refractivity contribution in [2.24, 2.45) is 5.14 Å². The summed E-state index contributed by atoms with van der Waals surface area (Å²) in [5.74, 6) is 0. The summed E-state index contributed by atoms with van der Waals surface area (Å²) in [5.41, 5.74) is 0. The Hall–Kier alpha value is -0.260. The van der Waals surface area contributed by atoms with E-state index in [1.165, 1.54) is 4.31 Å². The molecule has 1 aliphatic rings. The van der Waals surface area contributed by atoms with E-state index in [4.69, 9.17) is 5.14 Å². The fourth-order valence-corrected chi connectivity index (χ4v) is 1.45. The highest BCUT2D eigenvalue weighted by molar-refractivity contribution is 7.80. The van der Waals surface area contributed by atoms with E-state index in [2.05, 4.69) is 0 Å². The largest absolute Gasteiger partial charge is 0.302 e. The lowest BCUT2D eigenvalue weighted by Gasteiger charge is -2.33. The van der Waals surface area contributed by atoms with Gasteiger partial charge in [0.1, 0.15) is 6.29 Å². The Morgan fingerprint density at radius 2 is 2.44 bits per heavy atom. The van der Waals surface area contributed by atoms with E-state index in [1.54, 1.807) is 0 Å². The van der Waals surface area contributed by atoms with Crippen LogP contribution in [0.15, 0.2) is 0 Å². The van der Waals surface area contributed by atoms with Gasteiger partial charge in [0, 0.05) is 6.54 Å². The zero-order valence-corrected chi connectivity index (χ0v) is 5.63. The van der Waals surface area contributed by atoms with Crippen LogP contribution in [-0.4, -0.2) is 27.4 Å². The first kappa shape index (κ1) is 6.85. The van der Waals surface area contributed by atoms with E-state index in [0.717, 1.165) is 12.7 Å². The van der Waals surface area contributed by atoms with Crippen molar-refractivity contribution in [2.75, 3.05) is 6.54 Å². The molecule has 1 aliphatic heterocycles. The van der Waals surface area contributed by atoms with E-state index < -0.39 is 11.2 Å². The highest BCUT2D eigenvalue weighted by atomic mass is 32.2. The van der Waals surface area contributed by atoms with Gasteiger partial charge in [0.15, 0.2) is 11.2 Å². The van der Waals surface area contributed by atoms with Crippen LogP contribution in [0.4, 0.5) is 0 Å². The standard InChI is InChI=1S/C4H8N2O2S/c5-9(8)6-2-1-4(6)3-7/h3-4H,1-2,5H2. The van der Waals surface area contributed by atoms with Gasteiger partial charge in [-0.3, -0.25) is 0 Å². The van der Waals surface area contributed by atoms with E-state index in [0.29, 0.717) is 6.54 Å². The maximum absolute atomic E-state index is 10.5. The van der Waals surface area contributed by atoms with Crippen molar-refractivity contribution in [3.63, 3.8) is 0 Å². The van der Waals surface area contributed by atoms with Crippen LogP contribution in [0.1, 0.15) is 6.42 Å². The molecule has 1 heterocycles. The topological polar surface area (TPSA) is 63.4 Å². The first-order chi connectivity index (χ1) is 4.25. The first-order valence-electron chi connectivity index (χ1n) is 2.64. The maximum atomic E-state index is 10.5. The second-order valence-corrected chi connectivity index (χ2v) is 2.93. The number of nitrogens with two attached hydrogens (primary N) is 1. The summed E-state index contributed by atoms with van der Waals surface area (Å²) in [6, 6.07) is -0.198. The van der Waals surface area contributed by atoms with E-state index in [9.17, 15) is 9.00 Å². The van der Waals surface area contributed by atoms with Gasteiger partial charge >= 0.3 is 0 Å². The monoisotopic (exact) mass is 148 g/mol. The fourth-order valence-electron chi connectivity index (χ4n) is 0.743. The first-order valence-corrected chi connectivity index (χ1v) is 3.81. The Morgan fingerprint density at radius 3 is 2.56 bits per heavy atom. The zero-order valence-electron chi connectivity index (χ0n) is 4.82. The summed E-state index contributed by atoms with van der Waals surface area (Å²) in [6.45, 7) is 0.673. The molecule has 0 saturated carbocycles. The maximum Gasteiger partial charge on any atom is 0.167 e. The lowest BCUT2D eigenvalue weighted by atomic mass is 10.1. The molecule has 9 heavy (non-hydrogen) atoms. The predicted molar refractivity (Wildman–Crippen MR) is 33.5 cm³/mol. The van der Waals surface area contributed by atoms with Gasteiger partial charge in [-0.05, 0) is 6.42 Å². The summed E-state index contributed by atoms with van der Waals surface area (Å²) >= 11 is -1.45. The number of rotatable bonds is 2. The quantitative estimate of drug-likeness (QED) is 0.500. The molecule has 0 aliphatic carbocycles. The molecule has 0 aromatic heterocycles. The molecule has 2 unspecified atom stereocenters. The molecule has 52 valence electrons. The molecule has 0 aromatic carbocycles. The number of aldehydes is 1. The predicted octanol–water partition coefficient (Wildman–Crippen LogP) is -1.20. The van der Waals surface area contributed by atoms with Gasteiger partial charge in [-0.25, -0.2) is 13.7 Å². The van der Waals surface area contributed by atoms with Gasteiger partial charge in [0.2, 0.25) is 0 Å². The van der Waals surface area contributed by atoms with Gasteiger partial charge in [0.25, 0.3) is 0 Å². The molecular formula is C4H8N2O2S. The van der Waals surface area contributed by atoms with Gasteiger partial charge in [0.05, 0.1) is 6.04 Å². The molecule has 0 amide bonds. The van der Waals surface area contributed by atoms with Gasteiger partial charge < -0.3 is 4.79 Å². The SMILES string of the molecule is NS(=O)N1CCC1C=O. The molecule has 0 spiro atoms. The Morgan fingerprint density at radius 1 is 1.78 bits per heavy atom. The van der Waals surface area contributed by atoms with Crippen LogP contribution in [0, 0.1) is 0 Å². The smallest absolute Gasteiger partial charge is 0.167 e. The Bertz CT molecular complexity index is 150. The Kier molecular flexibility index (Phi) is 1.94. The van der Waals surface area contributed by atoms with Gasteiger partial charge in [-0.1, -0.05) is 0 Å². The van der Waals surface area contributed by atoms with Crippen LogP contribution < -0.4 is 5.14 Å². The molecule has 1 fully saturated rings. The normalized spacial score (nSPS) is 31.0. The average molecular weight is 148 g/mol. The second-order valence-electron chi connectivity index (χ2n) is 1.91. The minimum Gasteiger partial charge on any atom is -0.302 e. The molecule has 1 saturated heterocycles. The van der Waals surface area contributed by atoms with E-state index in [-0.39, 0.29) is 6.04 Å². The van der Waals surface area contributed by atoms with Crippen LogP contribution in [0.3, 0.4) is 0 Å². The molecule has 1 rings (SSSR count). The highest BCUT2D eigenvalue weighted by Crippen LogP contribution is 2.14. The molecule has 0 bridgehead atoms. The Labute approximate surface area is 55.7 Å². The summed E-state index contributed by atoms with van der Waals surface area (Å²) in [4.78, 5) is 10.1. The fraction of sp³-hybridized carbons (Fsp3) is 0.750. The number of hydrogen-bond acceptors (Lipinski definition) is 2. The zero-order chi connectivity index (χ0) is 6.85. The van der Waals surface area contributed by atoms with Crippen molar-refractivity contribution >= 4 is 17.5 Å². The molecule has 2 N–H and O–H groups in total. The summed E-state index contributed by atoms with van der Waals surface area (Å²) in [7, 11) is 0. The molecular weight excluding hydrogens is 140 g/mol. The van der Waals surface area contributed by atoms with Crippen LogP contribution >= 0.6 is 0 Å². The second kappa shape index (κ2) is 2.55. The van der Waals surface area contributed by atoms with Crippen molar-refractivity contribution in [3.8, 4) is 0 Å². The van der Waals surface area contributed by atoms with E-state index in [1.807, 2.05) is 0 Å². The Balaban J connectivity index is 2.44. The molecule has 4 nitrogen and oxygen atoms in total. The minimum atomic E-state index is -1.45. The number of carbonyl (C=O) groups excluding carboxylic acids is 1. The van der Waals surface area contributed by atoms with Gasteiger partial charge in [-0.15, -0.1) is 0 Å². The summed E-state index contributed by atoms with van der Waals surface area (Å²) in [6.07, 6.45) is 1.56. The molecule has 2 atom stereocenters. The molecule has 5 heteroatoms. The van der Waals surface area contributed by atoms with Crippen LogP contribution in [0.2, 0.25) is 0 Å². The van der Waals surface area contributed by atoms with E-state index >= 15 is 0 Å². The minimum absolute atomic E-state index is 0.198. The van der Waals surface area contributed by atoms with Crippen molar-refractivity contribution in [1.82, 2.24) is 4.31 Å². The lowest BCUT2D eigenvalue weighted by molar-refractivity contribution is -0.113. The van der Waals surface area contributed by atoms with Crippen molar-refractivity contribution in [1.29, 1.82) is 0 Å². The summed E-state index contributed by atoms with van der Waals surface area (Å²) < 4.78 is 11.9. The third-order valence-corrected chi connectivity index (χ3v) is 2.32. The number of hydrogen-bond donors (Lipinski definition) is 1. The van der Waals surface area contributed by atoms with Gasteiger partial charge in [-0.2, -0.15) is 0 Å². The molecule has 0 aromatic rings. The van der Waals surface area contributed by atoms with Crippen LogP contribution in [0.5, 0.6) is 0 Å². The number of nitrogens with zero attached hydrogens (tertiary/aromatic N) is 1. The van der Waals surface area contributed by atoms with Crippen LogP contribution in [-0.2, 0) is 16.0 Å². The molecule has 0 radical (unpaired) electrons. The van der Waals surface area contributed by atoms with Crippen LogP contribution in [0.25, 0.3) is 0 Å². The third-order valence-electron chi connectivity index (χ3n) is 1.40. The van der Waals surface area contributed by atoms with Crippen molar-refractivity contribution in [3.05, 3.63) is 0 Å². The van der Waals surface area contributed by atoms with Crippen molar-refractivity contribution < 1.29 is 9.00 Å². The van der Waals surface area contributed by atoms with Crippen molar-refractivity contribution in [2.45, 2.75) is 12.5 Å². The number of carbonyl (C=O) groups is 1.